The maximum atomic E-state index is 12.4. The Hall–Kier alpha value is -2.73. The molecule has 0 unspecified atom stereocenters. The summed E-state index contributed by atoms with van der Waals surface area (Å²) in [7, 11) is 4.68. The van der Waals surface area contributed by atoms with Crippen LogP contribution in [0.3, 0.4) is 0 Å². The third-order valence-electron chi connectivity index (χ3n) is 6.37. The first-order valence-corrected chi connectivity index (χ1v) is 9.98. The lowest BCUT2D eigenvalue weighted by Crippen LogP contribution is -2.46. The minimum atomic E-state index is -0.341. The molecule has 0 amide bonds. The number of hydrogen-bond donors (Lipinski definition) is 1. The molecule has 1 saturated heterocycles. The number of nitrogens with zero attached hydrogens (tertiary/aromatic N) is 1. The van der Waals surface area contributed by atoms with Crippen LogP contribution in [0.15, 0.2) is 42.7 Å². The van der Waals surface area contributed by atoms with Gasteiger partial charge in [0, 0.05) is 35.6 Å². The molecular weight excluding hydrogens is 368 g/mol. The first-order chi connectivity index (χ1) is 14.1. The monoisotopic (exact) mass is 396 g/mol. The summed E-state index contributed by atoms with van der Waals surface area (Å²) >= 11 is 0. The zero-order valence-electron chi connectivity index (χ0n) is 17.2. The molecule has 6 heteroatoms. The number of nitrogens with one attached hydrogen (secondary N) is 1. The average Bonchev–Trinajstić information content (AvgIpc) is 3.15. The second-order valence-corrected chi connectivity index (χ2v) is 7.70. The summed E-state index contributed by atoms with van der Waals surface area (Å²) in [5.41, 5.74) is 4.22. The number of aromatic nitrogens is 1. The normalized spacial score (nSPS) is 24.5. The van der Waals surface area contributed by atoms with E-state index in [2.05, 4.69) is 22.5 Å². The average molecular weight is 396 g/mol. The van der Waals surface area contributed by atoms with Crippen molar-refractivity contribution in [2.45, 2.75) is 18.9 Å². The number of rotatable bonds is 5. The van der Waals surface area contributed by atoms with Gasteiger partial charge in [-0.2, -0.15) is 0 Å². The molecule has 4 rings (SSSR count). The molecule has 154 valence electrons. The fourth-order valence-corrected chi connectivity index (χ4v) is 5.04. The van der Waals surface area contributed by atoms with Crippen LogP contribution in [0.25, 0.3) is 10.9 Å². The lowest BCUT2D eigenvalue weighted by atomic mass is 9.75. The quantitative estimate of drug-likeness (QED) is 0.362. The molecule has 0 aliphatic carbocycles. The molecule has 0 spiro atoms. The van der Waals surface area contributed by atoms with Gasteiger partial charge in [0.05, 0.1) is 39.2 Å². The van der Waals surface area contributed by atoms with E-state index in [4.69, 9.17) is 14.2 Å². The highest BCUT2D eigenvalue weighted by atomic mass is 16.5. The van der Waals surface area contributed by atoms with E-state index in [1.807, 2.05) is 18.2 Å². The Morgan fingerprint density at radius 2 is 2.14 bits per heavy atom. The van der Waals surface area contributed by atoms with Crippen LogP contribution in [-0.4, -0.2) is 50.3 Å². The van der Waals surface area contributed by atoms with Crippen LogP contribution in [-0.2, 0) is 20.7 Å². The lowest BCUT2D eigenvalue weighted by molar-refractivity contribution is -0.137. The standard InChI is InChI=1S/C23H28N2O4/c1-5-14-12-25-10-9-15-21-18(7-6-8-20(21)28-3)24-22(15)19(25)11-16(14)17(13-27-2)23(26)29-4/h5-8,13-14,16,19,24H,1,9-12H2,2-4H3/t14-,16-,19-/m0/s1. The summed E-state index contributed by atoms with van der Waals surface area (Å²) < 4.78 is 15.9. The molecule has 0 radical (unpaired) electrons. The van der Waals surface area contributed by atoms with Gasteiger partial charge in [0.25, 0.3) is 0 Å². The van der Waals surface area contributed by atoms with Gasteiger partial charge < -0.3 is 19.2 Å². The van der Waals surface area contributed by atoms with Gasteiger partial charge in [0.15, 0.2) is 0 Å². The lowest BCUT2D eigenvalue weighted by Gasteiger charge is -2.45. The Bertz CT molecular complexity index is 961. The van der Waals surface area contributed by atoms with Crippen LogP contribution in [0.1, 0.15) is 23.7 Å². The Balaban J connectivity index is 1.77. The number of fused-ring (bicyclic) bond motifs is 5. The Labute approximate surface area is 171 Å². The van der Waals surface area contributed by atoms with E-state index in [0.717, 1.165) is 37.2 Å². The van der Waals surface area contributed by atoms with Crippen LogP contribution in [0, 0.1) is 11.8 Å². The molecule has 1 aromatic carbocycles. The summed E-state index contributed by atoms with van der Waals surface area (Å²) in [6, 6.07) is 6.31. The number of aromatic amines is 1. The van der Waals surface area contributed by atoms with E-state index in [0.29, 0.717) is 5.57 Å². The highest BCUT2D eigenvalue weighted by Gasteiger charge is 2.42. The number of benzene rings is 1. The molecule has 2 aromatic rings. The predicted molar refractivity (Wildman–Crippen MR) is 112 cm³/mol. The Morgan fingerprint density at radius 3 is 2.83 bits per heavy atom. The maximum absolute atomic E-state index is 12.4. The number of piperidine rings is 1. The molecule has 6 nitrogen and oxygen atoms in total. The first-order valence-electron chi connectivity index (χ1n) is 9.98. The fourth-order valence-electron chi connectivity index (χ4n) is 5.04. The molecule has 3 heterocycles. The Morgan fingerprint density at radius 1 is 1.31 bits per heavy atom. The number of methoxy groups -OCH3 is 3. The van der Waals surface area contributed by atoms with Crippen molar-refractivity contribution in [2.75, 3.05) is 34.4 Å². The van der Waals surface area contributed by atoms with Crippen molar-refractivity contribution >= 4 is 16.9 Å². The summed E-state index contributed by atoms with van der Waals surface area (Å²) in [6.07, 6.45) is 5.25. The van der Waals surface area contributed by atoms with E-state index in [1.165, 1.54) is 30.0 Å². The molecule has 1 aromatic heterocycles. The SMILES string of the molecule is C=C[C@H]1CN2CCc3c([nH]c4cccc(OC)c34)[C@@H]2C[C@@H]1C(=COC)C(=O)OC. The number of esters is 1. The van der Waals surface area contributed by atoms with Gasteiger partial charge in [0.2, 0.25) is 0 Å². The molecule has 3 atom stereocenters. The van der Waals surface area contributed by atoms with Gasteiger partial charge in [-0.25, -0.2) is 4.79 Å². The summed E-state index contributed by atoms with van der Waals surface area (Å²) in [6.45, 7) is 5.85. The topological polar surface area (TPSA) is 63.8 Å². The minimum Gasteiger partial charge on any atom is -0.504 e. The highest BCUT2D eigenvalue weighted by Crippen LogP contribution is 2.46. The zero-order valence-corrected chi connectivity index (χ0v) is 17.2. The van der Waals surface area contributed by atoms with Crippen LogP contribution in [0.4, 0.5) is 0 Å². The van der Waals surface area contributed by atoms with E-state index in [-0.39, 0.29) is 23.8 Å². The number of H-pyrrole nitrogens is 1. The van der Waals surface area contributed by atoms with Gasteiger partial charge in [-0.3, -0.25) is 4.90 Å². The largest absolute Gasteiger partial charge is 0.504 e. The van der Waals surface area contributed by atoms with Crippen LogP contribution >= 0.6 is 0 Å². The van der Waals surface area contributed by atoms with Crippen LogP contribution in [0.2, 0.25) is 0 Å². The minimum absolute atomic E-state index is 0.0135. The maximum Gasteiger partial charge on any atom is 0.337 e. The van der Waals surface area contributed by atoms with Gasteiger partial charge in [-0.05, 0) is 36.5 Å². The second kappa shape index (κ2) is 7.95. The smallest absolute Gasteiger partial charge is 0.337 e. The van der Waals surface area contributed by atoms with Crippen molar-refractivity contribution in [3.8, 4) is 5.75 Å². The molecule has 1 N–H and O–H groups in total. The van der Waals surface area contributed by atoms with E-state index < -0.39 is 0 Å². The van der Waals surface area contributed by atoms with Crippen molar-refractivity contribution in [2.24, 2.45) is 11.8 Å². The fraction of sp³-hybridized carbons (Fsp3) is 0.435. The van der Waals surface area contributed by atoms with Crippen molar-refractivity contribution < 1.29 is 19.0 Å². The molecule has 0 saturated carbocycles. The van der Waals surface area contributed by atoms with Gasteiger partial charge in [-0.1, -0.05) is 12.1 Å². The molecule has 29 heavy (non-hydrogen) atoms. The van der Waals surface area contributed by atoms with Crippen molar-refractivity contribution in [3.05, 3.63) is 53.9 Å². The van der Waals surface area contributed by atoms with Crippen LogP contribution < -0.4 is 4.74 Å². The van der Waals surface area contributed by atoms with Crippen LogP contribution in [0.5, 0.6) is 5.75 Å². The first kappa shape index (κ1) is 19.6. The Kier molecular flexibility index (Phi) is 5.37. The van der Waals surface area contributed by atoms with Gasteiger partial charge >= 0.3 is 5.97 Å². The highest BCUT2D eigenvalue weighted by molar-refractivity contribution is 5.91. The van der Waals surface area contributed by atoms with E-state index >= 15 is 0 Å². The molecule has 1 fully saturated rings. The predicted octanol–water partition coefficient (Wildman–Crippen LogP) is 3.60. The summed E-state index contributed by atoms with van der Waals surface area (Å²) in [5, 5.41) is 1.17. The number of hydrogen-bond acceptors (Lipinski definition) is 5. The van der Waals surface area contributed by atoms with E-state index in [1.54, 1.807) is 14.2 Å². The summed E-state index contributed by atoms with van der Waals surface area (Å²) in [4.78, 5) is 18.6. The van der Waals surface area contributed by atoms with Crippen molar-refractivity contribution in [3.63, 3.8) is 0 Å². The van der Waals surface area contributed by atoms with Crippen molar-refractivity contribution in [1.82, 2.24) is 9.88 Å². The zero-order chi connectivity index (χ0) is 20.5. The number of ether oxygens (including phenoxy) is 3. The number of carbonyl (C=O) groups is 1. The molecule has 2 aliphatic heterocycles. The summed E-state index contributed by atoms with van der Waals surface area (Å²) in [5.74, 6) is 0.707. The third-order valence-corrected chi connectivity index (χ3v) is 6.37. The second-order valence-electron chi connectivity index (χ2n) is 7.70. The van der Waals surface area contributed by atoms with Crippen molar-refractivity contribution in [1.29, 1.82) is 0 Å². The molecule has 0 bridgehead atoms. The van der Waals surface area contributed by atoms with Gasteiger partial charge in [0.1, 0.15) is 5.75 Å². The van der Waals surface area contributed by atoms with Gasteiger partial charge in [-0.15, -0.1) is 6.58 Å². The van der Waals surface area contributed by atoms with E-state index in [9.17, 15) is 4.79 Å². The number of carbonyl (C=O) groups excluding carboxylic acids is 1. The third kappa shape index (κ3) is 3.21. The molecular formula is C23H28N2O4. The molecule has 2 aliphatic rings.